The Bertz CT molecular complexity index is 1790. The van der Waals surface area contributed by atoms with Crippen LogP contribution in [0, 0.1) is 11.2 Å². The summed E-state index contributed by atoms with van der Waals surface area (Å²) < 4.78 is 96.3. The third kappa shape index (κ3) is 12.7. The standard InChI is InChI=1S/C29H32FN5O3.2C2HF3O2/c1-5-37-23-14-25(28(30)26(15-23)38-18(2)3)35(21-11-9-19(10-12-21)29(31)32)17-27-33-16-24(34-27)20-7-6-8-22(13-20)36-4;2*3-2(4,5)1(6)7/h6-16,18H,5,17H2,1-4H3,(H3,31,32)(H,33,34);2*(H,6,7). The molecule has 52 heavy (non-hydrogen) atoms. The number of rotatable bonds is 11. The van der Waals surface area contributed by atoms with Crippen LogP contribution in [-0.2, 0) is 16.1 Å². The average molecular weight is 746 g/mol. The number of methoxy groups -OCH3 is 1. The molecule has 4 rings (SSSR count). The molecular formula is C33H34F7N5O7. The van der Waals surface area contributed by atoms with Gasteiger partial charge in [-0.05, 0) is 57.2 Å². The Morgan fingerprint density at radius 1 is 0.962 bits per heavy atom. The summed E-state index contributed by atoms with van der Waals surface area (Å²) in [6, 6.07) is 17.9. The molecule has 0 unspecified atom stereocenters. The lowest BCUT2D eigenvalue weighted by atomic mass is 10.1. The van der Waals surface area contributed by atoms with Gasteiger partial charge < -0.3 is 40.0 Å². The maximum atomic E-state index is 15.9. The van der Waals surface area contributed by atoms with Crippen LogP contribution in [0.2, 0.25) is 0 Å². The van der Waals surface area contributed by atoms with E-state index in [2.05, 4.69) is 9.97 Å². The first kappa shape index (κ1) is 42.2. The number of aliphatic carboxylic acids is 2. The quantitative estimate of drug-likeness (QED) is 0.0593. The third-order valence-corrected chi connectivity index (χ3v) is 6.25. The van der Waals surface area contributed by atoms with E-state index in [1.54, 1.807) is 54.6 Å². The fourth-order valence-corrected chi connectivity index (χ4v) is 4.01. The van der Waals surface area contributed by atoms with Gasteiger partial charge in [0, 0.05) is 28.9 Å². The zero-order valence-corrected chi connectivity index (χ0v) is 27.9. The van der Waals surface area contributed by atoms with Crippen molar-refractivity contribution in [3.8, 4) is 28.5 Å². The number of aromatic nitrogens is 2. The third-order valence-electron chi connectivity index (χ3n) is 6.25. The zero-order valence-electron chi connectivity index (χ0n) is 27.9. The van der Waals surface area contributed by atoms with Crippen LogP contribution >= 0.6 is 0 Å². The van der Waals surface area contributed by atoms with Gasteiger partial charge in [-0.25, -0.2) is 19.0 Å². The van der Waals surface area contributed by atoms with Gasteiger partial charge in [0.1, 0.15) is 23.2 Å². The van der Waals surface area contributed by atoms with Crippen LogP contribution in [0.25, 0.3) is 11.3 Å². The number of carbonyl (C=O) groups is 2. The van der Waals surface area contributed by atoms with E-state index in [4.69, 9.17) is 45.2 Å². The number of nitrogens with two attached hydrogens (primary N) is 1. The van der Waals surface area contributed by atoms with Crippen LogP contribution in [0.3, 0.4) is 0 Å². The maximum absolute atomic E-state index is 15.9. The highest BCUT2D eigenvalue weighted by atomic mass is 19.4. The van der Waals surface area contributed by atoms with Crippen molar-refractivity contribution in [2.45, 2.75) is 45.8 Å². The summed E-state index contributed by atoms with van der Waals surface area (Å²) in [5.74, 6) is -4.14. The second kappa shape index (κ2) is 18.3. The number of H-pyrrole nitrogens is 1. The lowest BCUT2D eigenvalue weighted by molar-refractivity contribution is -0.193. The smallest absolute Gasteiger partial charge is 0.490 e. The van der Waals surface area contributed by atoms with Crippen molar-refractivity contribution in [1.82, 2.24) is 9.97 Å². The Hall–Kier alpha value is -6.01. The minimum absolute atomic E-state index is 0.0470. The number of carboxylic acids is 2. The predicted octanol–water partition coefficient (Wildman–Crippen LogP) is 7.30. The van der Waals surface area contributed by atoms with Gasteiger partial charge in [0.25, 0.3) is 0 Å². The van der Waals surface area contributed by atoms with Crippen molar-refractivity contribution in [2.75, 3.05) is 18.6 Å². The minimum Gasteiger partial charge on any atom is -0.497 e. The molecular weight excluding hydrogens is 711 g/mol. The number of imidazole rings is 1. The SMILES string of the molecule is CCOc1cc(OC(C)C)c(F)c(N(Cc2ncc(-c3cccc(OC)c3)[nH]2)c2ccc(C(=N)N)cc2)c1.O=C(O)C(F)(F)F.O=C(O)C(F)(F)F. The highest BCUT2D eigenvalue weighted by Crippen LogP contribution is 2.38. The molecule has 0 aliphatic rings. The van der Waals surface area contributed by atoms with E-state index in [0.29, 0.717) is 29.4 Å². The van der Waals surface area contributed by atoms with Gasteiger partial charge in [-0.2, -0.15) is 26.3 Å². The summed E-state index contributed by atoms with van der Waals surface area (Å²) in [5.41, 5.74) is 8.88. The summed E-state index contributed by atoms with van der Waals surface area (Å²) in [5, 5.41) is 22.0. The number of hydrogen-bond donors (Lipinski definition) is 5. The first-order chi connectivity index (χ1) is 24.2. The molecule has 0 radical (unpaired) electrons. The summed E-state index contributed by atoms with van der Waals surface area (Å²) in [6.45, 7) is 6.19. The van der Waals surface area contributed by atoms with Gasteiger partial charge in [0.15, 0.2) is 11.6 Å². The number of amidine groups is 1. The number of nitrogens with zero attached hydrogens (tertiary/aromatic N) is 2. The molecule has 1 heterocycles. The molecule has 3 aromatic carbocycles. The monoisotopic (exact) mass is 745 g/mol. The number of aromatic amines is 1. The van der Waals surface area contributed by atoms with E-state index in [1.807, 2.05) is 45.0 Å². The van der Waals surface area contributed by atoms with Gasteiger partial charge >= 0.3 is 24.3 Å². The lowest BCUT2D eigenvalue weighted by Gasteiger charge is -2.26. The van der Waals surface area contributed by atoms with E-state index in [-0.39, 0.29) is 29.9 Å². The lowest BCUT2D eigenvalue weighted by Crippen LogP contribution is -2.21. The first-order valence-electron chi connectivity index (χ1n) is 14.8. The second-order valence-corrected chi connectivity index (χ2v) is 10.5. The number of benzene rings is 3. The fraction of sp³-hybridized carbons (Fsp3) is 0.273. The molecule has 0 bridgehead atoms. The zero-order chi connectivity index (χ0) is 39.4. The molecule has 0 amide bonds. The summed E-state index contributed by atoms with van der Waals surface area (Å²) >= 11 is 0. The second-order valence-electron chi connectivity index (χ2n) is 10.5. The molecule has 0 atom stereocenters. The molecule has 0 aliphatic heterocycles. The van der Waals surface area contributed by atoms with Gasteiger partial charge in [0.05, 0.1) is 43.9 Å². The average Bonchev–Trinajstić information content (AvgIpc) is 3.54. The number of hydrogen-bond acceptors (Lipinski definition) is 8. The van der Waals surface area contributed by atoms with Crippen LogP contribution in [0.5, 0.6) is 17.2 Å². The Kier molecular flexibility index (Phi) is 14.8. The topological polar surface area (TPSA) is 184 Å². The van der Waals surface area contributed by atoms with E-state index in [0.717, 1.165) is 17.0 Å². The van der Waals surface area contributed by atoms with Crippen molar-refractivity contribution in [1.29, 1.82) is 5.41 Å². The molecule has 0 saturated heterocycles. The van der Waals surface area contributed by atoms with Crippen molar-refractivity contribution < 1.29 is 64.7 Å². The van der Waals surface area contributed by atoms with Crippen molar-refractivity contribution in [2.24, 2.45) is 5.73 Å². The Morgan fingerprint density at radius 2 is 1.54 bits per heavy atom. The summed E-state index contributed by atoms with van der Waals surface area (Å²) in [7, 11) is 1.62. The molecule has 0 fully saturated rings. The van der Waals surface area contributed by atoms with Crippen LogP contribution < -0.4 is 24.8 Å². The number of halogens is 7. The Labute approximate surface area is 292 Å². The number of nitrogen functional groups attached to an aromatic ring is 1. The van der Waals surface area contributed by atoms with E-state index in [1.165, 1.54) is 0 Å². The molecule has 19 heteroatoms. The molecule has 4 aromatic rings. The van der Waals surface area contributed by atoms with Gasteiger partial charge in [-0.3, -0.25) is 5.41 Å². The Morgan fingerprint density at radius 3 is 2.02 bits per heavy atom. The number of ether oxygens (including phenoxy) is 3. The number of alkyl halides is 6. The fourth-order valence-electron chi connectivity index (χ4n) is 4.01. The molecule has 6 N–H and O–H groups in total. The number of anilines is 2. The number of nitrogens with one attached hydrogen (secondary N) is 2. The van der Waals surface area contributed by atoms with E-state index in [9.17, 15) is 26.3 Å². The molecule has 1 aromatic heterocycles. The van der Waals surface area contributed by atoms with Gasteiger partial charge in [-0.15, -0.1) is 0 Å². The van der Waals surface area contributed by atoms with Crippen molar-refractivity contribution in [3.63, 3.8) is 0 Å². The first-order valence-corrected chi connectivity index (χ1v) is 14.8. The minimum atomic E-state index is -5.08. The van der Waals surface area contributed by atoms with Crippen LogP contribution in [0.1, 0.15) is 32.2 Å². The number of carboxylic acid groups (broad SMARTS) is 2. The molecule has 282 valence electrons. The molecule has 0 spiro atoms. The molecule has 12 nitrogen and oxygen atoms in total. The van der Waals surface area contributed by atoms with Crippen LogP contribution in [-0.4, -0.2) is 70.1 Å². The van der Waals surface area contributed by atoms with Gasteiger partial charge in [0.2, 0.25) is 0 Å². The van der Waals surface area contributed by atoms with E-state index >= 15 is 4.39 Å². The summed E-state index contributed by atoms with van der Waals surface area (Å²) in [6.07, 6.45) is -8.66. The predicted molar refractivity (Wildman–Crippen MR) is 175 cm³/mol. The van der Waals surface area contributed by atoms with Crippen molar-refractivity contribution >= 4 is 29.1 Å². The largest absolute Gasteiger partial charge is 0.497 e. The van der Waals surface area contributed by atoms with Gasteiger partial charge in [-0.1, -0.05) is 12.1 Å². The van der Waals surface area contributed by atoms with Crippen LogP contribution in [0.15, 0.2) is 66.9 Å². The normalized spacial score (nSPS) is 11.0. The highest BCUT2D eigenvalue weighted by molar-refractivity contribution is 5.95. The Balaban J connectivity index is 0.000000564. The highest BCUT2D eigenvalue weighted by Gasteiger charge is 2.39. The maximum Gasteiger partial charge on any atom is 0.490 e. The molecule has 0 saturated carbocycles. The van der Waals surface area contributed by atoms with Crippen LogP contribution in [0.4, 0.5) is 42.1 Å². The summed E-state index contributed by atoms with van der Waals surface area (Å²) in [4.78, 5) is 27.5. The molecule has 0 aliphatic carbocycles. The van der Waals surface area contributed by atoms with E-state index < -0.39 is 30.1 Å². The van der Waals surface area contributed by atoms with Crippen molar-refractivity contribution in [3.05, 3.63) is 84.1 Å².